The summed E-state index contributed by atoms with van der Waals surface area (Å²) in [6.45, 7) is 0.227. The van der Waals surface area contributed by atoms with Crippen LogP contribution in [0.5, 0.6) is 0 Å². The Morgan fingerprint density at radius 3 is 2.34 bits per heavy atom. The minimum Gasteiger partial charge on any atom is -0.353 e. The fourth-order valence-corrected chi connectivity index (χ4v) is 3.94. The molecule has 1 aliphatic heterocycles. The Labute approximate surface area is 197 Å². The van der Waals surface area contributed by atoms with Crippen LogP contribution in [0.15, 0.2) is 65.8 Å². The van der Waals surface area contributed by atoms with Gasteiger partial charge in [0.15, 0.2) is 5.65 Å². The van der Waals surface area contributed by atoms with Crippen LogP contribution in [0.3, 0.4) is 0 Å². The quantitative estimate of drug-likeness (QED) is 0.402. The molecule has 10 nitrogen and oxygen atoms in total. The van der Waals surface area contributed by atoms with E-state index in [0.717, 1.165) is 10.5 Å². The largest absolute Gasteiger partial charge is 0.353 e. The molecule has 0 aliphatic carbocycles. The maximum absolute atomic E-state index is 13.1. The molecule has 0 radical (unpaired) electrons. The van der Waals surface area contributed by atoms with Crippen LogP contribution < -0.4 is 10.9 Å². The predicted octanol–water partition coefficient (Wildman–Crippen LogP) is 1.19. The second kappa shape index (κ2) is 8.93. The highest BCUT2D eigenvalue weighted by Crippen LogP contribution is 2.21. The Balaban J connectivity index is 1.21. The molecule has 176 valence electrons. The van der Waals surface area contributed by atoms with Crippen molar-refractivity contribution in [1.29, 1.82) is 0 Å². The lowest BCUT2D eigenvalue weighted by Crippen LogP contribution is -2.41. The van der Waals surface area contributed by atoms with Gasteiger partial charge in [-0.15, -0.1) is 0 Å². The van der Waals surface area contributed by atoms with Crippen molar-refractivity contribution in [3.05, 3.63) is 93.9 Å². The van der Waals surface area contributed by atoms with E-state index in [1.54, 1.807) is 36.4 Å². The molecular weight excluding hydrogens is 455 g/mol. The summed E-state index contributed by atoms with van der Waals surface area (Å²) in [7, 11) is 0. The van der Waals surface area contributed by atoms with Crippen LogP contribution in [-0.2, 0) is 17.9 Å². The summed E-state index contributed by atoms with van der Waals surface area (Å²) in [5.41, 5.74) is 1.39. The molecule has 3 heterocycles. The van der Waals surface area contributed by atoms with Crippen molar-refractivity contribution in [2.45, 2.75) is 13.1 Å². The summed E-state index contributed by atoms with van der Waals surface area (Å²) in [6.07, 6.45) is 2.81. The number of carbonyl (C=O) groups is 3. The lowest BCUT2D eigenvalue weighted by atomic mass is 10.1. The van der Waals surface area contributed by atoms with E-state index in [2.05, 4.69) is 15.4 Å². The second-order valence-corrected chi connectivity index (χ2v) is 8.00. The summed E-state index contributed by atoms with van der Waals surface area (Å²) in [6, 6.07) is 12.3. The Bertz CT molecular complexity index is 1490. The number of hydrogen-bond acceptors (Lipinski definition) is 6. The number of aromatic nitrogens is 4. The number of nitrogens with one attached hydrogen (secondary N) is 1. The first kappa shape index (κ1) is 22.1. The van der Waals surface area contributed by atoms with E-state index in [4.69, 9.17) is 0 Å². The van der Waals surface area contributed by atoms with Gasteiger partial charge in [-0.1, -0.05) is 24.3 Å². The fraction of sp³-hybridized carbons (Fsp3) is 0.167. The molecule has 3 amide bonds. The molecule has 1 N–H and O–H groups in total. The lowest BCUT2D eigenvalue weighted by molar-refractivity contribution is -0.121. The zero-order valence-electron chi connectivity index (χ0n) is 18.3. The molecule has 4 aromatic rings. The lowest BCUT2D eigenvalue weighted by Gasteiger charge is -2.13. The average molecular weight is 474 g/mol. The van der Waals surface area contributed by atoms with Crippen LogP contribution in [0.25, 0.3) is 11.0 Å². The first-order valence-electron chi connectivity index (χ1n) is 10.8. The van der Waals surface area contributed by atoms with Crippen LogP contribution in [-0.4, -0.2) is 55.0 Å². The van der Waals surface area contributed by atoms with Crippen molar-refractivity contribution in [3.8, 4) is 0 Å². The van der Waals surface area contributed by atoms with Crippen molar-refractivity contribution in [1.82, 2.24) is 29.5 Å². The molecule has 35 heavy (non-hydrogen) atoms. The van der Waals surface area contributed by atoms with E-state index in [1.165, 1.54) is 33.9 Å². The summed E-state index contributed by atoms with van der Waals surface area (Å²) in [5, 5.41) is 7.16. The molecule has 0 fully saturated rings. The molecule has 0 spiro atoms. The SMILES string of the molecule is O=C(CN1C(=O)c2ccccc2C1=O)NCCn1ncc2c(=O)n(Cc3ccc(F)cc3)cnc21. The molecule has 0 bridgehead atoms. The van der Waals surface area contributed by atoms with Gasteiger partial charge in [0.05, 0.1) is 30.4 Å². The number of imide groups is 1. The van der Waals surface area contributed by atoms with Crippen molar-refractivity contribution in [2.75, 3.05) is 13.1 Å². The molecule has 0 saturated carbocycles. The molecule has 0 unspecified atom stereocenters. The number of nitrogens with zero attached hydrogens (tertiary/aromatic N) is 5. The predicted molar refractivity (Wildman–Crippen MR) is 122 cm³/mol. The molecule has 1 aliphatic rings. The Morgan fingerprint density at radius 2 is 1.66 bits per heavy atom. The van der Waals surface area contributed by atoms with Crippen LogP contribution in [0.2, 0.25) is 0 Å². The van der Waals surface area contributed by atoms with Crippen molar-refractivity contribution in [3.63, 3.8) is 0 Å². The van der Waals surface area contributed by atoms with Crippen molar-refractivity contribution >= 4 is 28.8 Å². The smallest absolute Gasteiger partial charge is 0.264 e. The van der Waals surface area contributed by atoms with E-state index in [1.807, 2.05) is 0 Å². The number of carbonyl (C=O) groups excluding carboxylic acids is 3. The highest BCUT2D eigenvalue weighted by atomic mass is 19.1. The van der Waals surface area contributed by atoms with E-state index in [0.29, 0.717) is 11.0 Å². The van der Waals surface area contributed by atoms with Gasteiger partial charge in [-0.25, -0.2) is 14.1 Å². The minimum atomic E-state index is -0.500. The van der Waals surface area contributed by atoms with Crippen LogP contribution in [0, 0.1) is 5.82 Å². The molecule has 2 aromatic carbocycles. The molecule has 0 atom stereocenters. The Kier molecular flexibility index (Phi) is 5.65. The highest BCUT2D eigenvalue weighted by molar-refractivity contribution is 6.22. The van der Waals surface area contributed by atoms with Gasteiger partial charge in [0.1, 0.15) is 24.1 Å². The average Bonchev–Trinajstić information content (AvgIpc) is 3.37. The maximum Gasteiger partial charge on any atom is 0.264 e. The third-order valence-electron chi connectivity index (χ3n) is 5.71. The van der Waals surface area contributed by atoms with E-state index in [-0.39, 0.29) is 42.1 Å². The van der Waals surface area contributed by atoms with Crippen LogP contribution in [0.1, 0.15) is 26.3 Å². The first-order valence-corrected chi connectivity index (χ1v) is 10.8. The zero-order chi connectivity index (χ0) is 24.5. The number of hydrogen-bond donors (Lipinski definition) is 1. The van der Waals surface area contributed by atoms with Gasteiger partial charge in [0.25, 0.3) is 17.4 Å². The van der Waals surface area contributed by atoms with Crippen LogP contribution >= 0.6 is 0 Å². The van der Waals surface area contributed by atoms with Crippen molar-refractivity contribution < 1.29 is 18.8 Å². The first-order chi connectivity index (χ1) is 16.9. The number of rotatable bonds is 7. The number of amides is 3. The van der Waals surface area contributed by atoms with E-state index < -0.39 is 24.3 Å². The number of fused-ring (bicyclic) bond motifs is 2. The van der Waals surface area contributed by atoms with Gasteiger partial charge in [0.2, 0.25) is 5.91 Å². The van der Waals surface area contributed by atoms with E-state index in [9.17, 15) is 23.6 Å². The summed E-state index contributed by atoms with van der Waals surface area (Å²) in [5.74, 6) is -1.85. The van der Waals surface area contributed by atoms with E-state index >= 15 is 0 Å². The zero-order valence-corrected chi connectivity index (χ0v) is 18.3. The fourth-order valence-electron chi connectivity index (χ4n) is 3.94. The van der Waals surface area contributed by atoms with Gasteiger partial charge in [-0.05, 0) is 29.8 Å². The maximum atomic E-state index is 13.1. The van der Waals surface area contributed by atoms with Crippen LogP contribution in [0.4, 0.5) is 4.39 Å². The van der Waals surface area contributed by atoms with Crippen molar-refractivity contribution in [2.24, 2.45) is 0 Å². The molecule has 2 aromatic heterocycles. The Morgan fingerprint density at radius 1 is 0.971 bits per heavy atom. The molecular formula is C24H19FN6O4. The monoisotopic (exact) mass is 474 g/mol. The normalized spacial score (nSPS) is 12.9. The molecule has 5 rings (SSSR count). The van der Waals surface area contributed by atoms with Gasteiger partial charge in [-0.3, -0.25) is 28.6 Å². The van der Waals surface area contributed by atoms with Gasteiger partial charge >= 0.3 is 0 Å². The summed E-state index contributed by atoms with van der Waals surface area (Å²) in [4.78, 5) is 55.2. The molecule has 0 saturated heterocycles. The minimum absolute atomic E-state index is 0.152. The Hall–Kier alpha value is -4.67. The summed E-state index contributed by atoms with van der Waals surface area (Å²) < 4.78 is 16.0. The van der Waals surface area contributed by atoms with Gasteiger partial charge in [-0.2, -0.15) is 5.10 Å². The summed E-state index contributed by atoms with van der Waals surface area (Å²) >= 11 is 0. The number of halogens is 1. The molecule has 11 heteroatoms. The topological polar surface area (TPSA) is 119 Å². The second-order valence-electron chi connectivity index (χ2n) is 8.00. The third-order valence-corrected chi connectivity index (χ3v) is 5.71. The van der Waals surface area contributed by atoms with Gasteiger partial charge < -0.3 is 5.32 Å². The highest BCUT2D eigenvalue weighted by Gasteiger charge is 2.36. The van der Waals surface area contributed by atoms with Gasteiger partial charge in [0, 0.05) is 6.54 Å². The number of benzene rings is 2. The third kappa shape index (κ3) is 4.19. The standard InChI is InChI=1S/C24H19FN6O4/c25-16-7-5-15(6-8-16)12-29-14-27-21-19(22(29)33)11-28-31(21)10-9-26-20(32)13-30-23(34)17-3-1-2-4-18(17)24(30)35/h1-8,11,14H,9-10,12-13H2,(H,26,32).